The largest absolute Gasteiger partial charge is 0.481 e. The summed E-state index contributed by atoms with van der Waals surface area (Å²) in [7, 11) is 0. The van der Waals surface area contributed by atoms with Gasteiger partial charge < -0.3 is 10.0 Å². The maximum absolute atomic E-state index is 14.8. The maximum atomic E-state index is 14.8. The van der Waals surface area contributed by atoms with E-state index in [9.17, 15) is 14.3 Å². The predicted octanol–water partition coefficient (Wildman–Crippen LogP) is 5.10. The van der Waals surface area contributed by atoms with Crippen LogP contribution in [0, 0.1) is 18.2 Å². The molecule has 1 saturated heterocycles. The lowest BCUT2D eigenvalue weighted by atomic mass is 9.82. The molecular weight excluding hydrogens is 367 g/mol. The highest BCUT2D eigenvalue weighted by molar-refractivity contribution is 6.31. The minimum atomic E-state index is -0.929. The first-order chi connectivity index (χ1) is 12.7. The van der Waals surface area contributed by atoms with Gasteiger partial charge in [0.05, 0.1) is 17.1 Å². The van der Waals surface area contributed by atoms with E-state index in [1.54, 1.807) is 25.3 Å². The van der Waals surface area contributed by atoms with E-state index in [2.05, 4.69) is 23.7 Å². The zero-order valence-corrected chi connectivity index (χ0v) is 16.6. The molecule has 1 aromatic carbocycles. The van der Waals surface area contributed by atoms with Crippen LogP contribution in [0.25, 0.3) is 11.1 Å². The third-order valence-electron chi connectivity index (χ3n) is 5.37. The first kappa shape index (κ1) is 19.6. The van der Waals surface area contributed by atoms with Crippen LogP contribution in [-0.2, 0) is 11.2 Å². The summed E-state index contributed by atoms with van der Waals surface area (Å²) in [6.45, 7) is 7.85. The molecule has 0 radical (unpaired) electrons. The van der Waals surface area contributed by atoms with E-state index in [4.69, 9.17) is 11.6 Å². The standard InChI is InChI=1S/C21H24ClFN2O2/c1-13-15(11-18(26)27)20(25-9-7-21(2,3)8-10-25)16(12-24-13)14-5-4-6-17(22)19(14)23/h4-6,12H,7-11H2,1-3H3,(H,26,27). The summed E-state index contributed by atoms with van der Waals surface area (Å²) in [4.78, 5) is 18.0. The summed E-state index contributed by atoms with van der Waals surface area (Å²) >= 11 is 5.99. The molecule has 1 N–H and O–H groups in total. The third kappa shape index (κ3) is 4.08. The van der Waals surface area contributed by atoms with Crippen LogP contribution in [0.3, 0.4) is 0 Å². The van der Waals surface area contributed by atoms with E-state index < -0.39 is 11.8 Å². The number of piperidine rings is 1. The second kappa shape index (κ2) is 7.47. The molecule has 6 heteroatoms. The van der Waals surface area contributed by atoms with Gasteiger partial charge in [0.25, 0.3) is 0 Å². The highest BCUT2D eigenvalue weighted by Gasteiger charge is 2.30. The van der Waals surface area contributed by atoms with Crippen molar-refractivity contribution in [2.45, 2.75) is 40.0 Å². The second-order valence-corrected chi connectivity index (χ2v) is 8.31. The summed E-state index contributed by atoms with van der Waals surface area (Å²) in [6.07, 6.45) is 3.45. The molecule has 4 nitrogen and oxygen atoms in total. The van der Waals surface area contributed by atoms with Crippen molar-refractivity contribution in [3.05, 3.63) is 46.5 Å². The monoisotopic (exact) mass is 390 g/mol. The summed E-state index contributed by atoms with van der Waals surface area (Å²) in [6, 6.07) is 4.86. The second-order valence-electron chi connectivity index (χ2n) is 7.91. The molecule has 1 aliphatic heterocycles. The molecule has 1 aromatic heterocycles. The number of carboxylic acids is 1. The molecule has 0 aliphatic carbocycles. The van der Waals surface area contributed by atoms with Gasteiger partial charge in [0.1, 0.15) is 5.82 Å². The van der Waals surface area contributed by atoms with Crippen LogP contribution in [0.1, 0.15) is 37.9 Å². The average Bonchev–Trinajstić information content (AvgIpc) is 2.59. The Hall–Kier alpha value is -2.14. The third-order valence-corrected chi connectivity index (χ3v) is 5.66. The fourth-order valence-corrected chi connectivity index (χ4v) is 3.78. The number of carboxylic acid groups (broad SMARTS) is 1. The van der Waals surface area contributed by atoms with Crippen LogP contribution < -0.4 is 4.90 Å². The zero-order chi connectivity index (χ0) is 19.8. The maximum Gasteiger partial charge on any atom is 0.307 e. The van der Waals surface area contributed by atoms with Crippen molar-refractivity contribution in [3.63, 3.8) is 0 Å². The summed E-state index contributed by atoms with van der Waals surface area (Å²) < 4.78 is 14.8. The van der Waals surface area contributed by atoms with Crippen LogP contribution in [0.4, 0.5) is 10.1 Å². The average molecular weight is 391 g/mol. The van der Waals surface area contributed by atoms with E-state index in [1.807, 2.05) is 0 Å². The van der Waals surface area contributed by atoms with E-state index >= 15 is 0 Å². The van der Waals surface area contributed by atoms with Crippen LogP contribution in [0.2, 0.25) is 5.02 Å². The fourth-order valence-electron chi connectivity index (χ4n) is 3.60. The van der Waals surface area contributed by atoms with Gasteiger partial charge >= 0.3 is 5.97 Å². The van der Waals surface area contributed by atoms with E-state index in [0.29, 0.717) is 22.4 Å². The number of aromatic nitrogens is 1. The lowest BCUT2D eigenvalue weighted by molar-refractivity contribution is -0.136. The number of benzene rings is 1. The number of aryl methyl sites for hydroxylation is 1. The molecule has 0 saturated carbocycles. The van der Waals surface area contributed by atoms with Crippen molar-refractivity contribution in [1.82, 2.24) is 4.98 Å². The number of carbonyl (C=O) groups is 1. The first-order valence-electron chi connectivity index (χ1n) is 9.09. The van der Waals surface area contributed by atoms with Crippen molar-refractivity contribution in [2.24, 2.45) is 5.41 Å². The van der Waals surface area contributed by atoms with Gasteiger partial charge in [-0.05, 0) is 31.2 Å². The molecule has 144 valence electrons. The summed E-state index contributed by atoms with van der Waals surface area (Å²) in [5.41, 5.74) is 3.25. The number of pyridine rings is 1. The highest BCUT2D eigenvalue weighted by Crippen LogP contribution is 2.41. The molecule has 1 aliphatic rings. The lowest BCUT2D eigenvalue weighted by Crippen LogP contribution is -2.38. The normalized spacial score (nSPS) is 16.4. The predicted molar refractivity (Wildman–Crippen MR) is 106 cm³/mol. The van der Waals surface area contributed by atoms with Gasteiger partial charge in [-0.3, -0.25) is 9.78 Å². The number of nitrogens with zero attached hydrogens (tertiary/aromatic N) is 2. The number of hydrogen-bond acceptors (Lipinski definition) is 3. The van der Waals surface area contributed by atoms with Crippen molar-refractivity contribution in [1.29, 1.82) is 0 Å². The number of anilines is 1. The molecule has 27 heavy (non-hydrogen) atoms. The molecule has 0 spiro atoms. The van der Waals surface area contributed by atoms with Gasteiger partial charge in [0.2, 0.25) is 0 Å². The number of hydrogen-bond donors (Lipinski definition) is 1. The Morgan fingerprint density at radius 2 is 1.96 bits per heavy atom. The number of halogens is 2. The summed E-state index contributed by atoms with van der Waals surface area (Å²) in [5, 5.41) is 9.46. The Kier molecular flexibility index (Phi) is 5.43. The highest BCUT2D eigenvalue weighted by atomic mass is 35.5. The van der Waals surface area contributed by atoms with Gasteiger partial charge in [0, 0.05) is 41.7 Å². The van der Waals surface area contributed by atoms with Crippen LogP contribution in [0.5, 0.6) is 0 Å². The molecule has 0 unspecified atom stereocenters. The van der Waals surface area contributed by atoms with Gasteiger partial charge in [-0.25, -0.2) is 4.39 Å². The van der Waals surface area contributed by atoms with Crippen molar-refractivity contribution in [2.75, 3.05) is 18.0 Å². The topological polar surface area (TPSA) is 53.4 Å². The van der Waals surface area contributed by atoms with Gasteiger partial charge in [-0.15, -0.1) is 0 Å². The van der Waals surface area contributed by atoms with Crippen molar-refractivity contribution < 1.29 is 14.3 Å². The first-order valence-corrected chi connectivity index (χ1v) is 9.47. The Morgan fingerprint density at radius 3 is 2.59 bits per heavy atom. The van der Waals surface area contributed by atoms with Crippen LogP contribution in [0.15, 0.2) is 24.4 Å². The smallest absolute Gasteiger partial charge is 0.307 e. The fraction of sp³-hybridized carbons (Fsp3) is 0.429. The number of aliphatic carboxylic acids is 1. The quantitative estimate of drug-likeness (QED) is 0.788. The van der Waals surface area contributed by atoms with Crippen molar-refractivity contribution >= 4 is 23.3 Å². The van der Waals surface area contributed by atoms with Crippen LogP contribution in [-0.4, -0.2) is 29.1 Å². The molecule has 0 amide bonds. The molecule has 3 rings (SSSR count). The Balaban J connectivity index is 2.19. The minimum Gasteiger partial charge on any atom is -0.481 e. The number of rotatable bonds is 4. The van der Waals surface area contributed by atoms with Gasteiger partial charge in [-0.1, -0.05) is 37.6 Å². The molecule has 1 fully saturated rings. The van der Waals surface area contributed by atoms with Crippen LogP contribution >= 0.6 is 11.6 Å². The van der Waals surface area contributed by atoms with Gasteiger partial charge in [-0.2, -0.15) is 0 Å². The van der Waals surface area contributed by atoms with E-state index in [0.717, 1.165) is 31.6 Å². The molecule has 0 bridgehead atoms. The van der Waals surface area contributed by atoms with E-state index in [1.165, 1.54) is 6.07 Å². The van der Waals surface area contributed by atoms with Crippen molar-refractivity contribution in [3.8, 4) is 11.1 Å². The van der Waals surface area contributed by atoms with Gasteiger partial charge in [0.15, 0.2) is 0 Å². The summed E-state index contributed by atoms with van der Waals surface area (Å²) in [5.74, 6) is -1.44. The molecule has 0 atom stereocenters. The molecular formula is C21H24ClFN2O2. The Bertz CT molecular complexity index is 873. The SMILES string of the molecule is Cc1ncc(-c2cccc(Cl)c2F)c(N2CCC(C)(C)CC2)c1CC(=O)O. The zero-order valence-electron chi connectivity index (χ0n) is 15.9. The lowest BCUT2D eigenvalue weighted by Gasteiger charge is -2.40. The Morgan fingerprint density at radius 1 is 1.30 bits per heavy atom. The molecule has 2 aromatic rings. The Labute approximate surface area is 164 Å². The minimum absolute atomic E-state index is 0.0404. The van der Waals surface area contributed by atoms with E-state index in [-0.39, 0.29) is 16.9 Å². The molecule has 2 heterocycles.